The molecule has 0 saturated heterocycles. The van der Waals surface area contributed by atoms with E-state index in [1.807, 2.05) is 0 Å². The molecule has 0 aliphatic heterocycles. The van der Waals surface area contributed by atoms with Crippen molar-refractivity contribution in [2.45, 2.75) is 32.7 Å². The largest absolute Gasteiger partial charge is 0.383 e. The van der Waals surface area contributed by atoms with Gasteiger partial charge in [0.2, 0.25) is 0 Å². The van der Waals surface area contributed by atoms with Crippen molar-refractivity contribution in [2.75, 3.05) is 26.8 Å². The van der Waals surface area contributed by atoms with Crippen LogP contribution in [0.15, 0.2) is 0 Å². The van der Waals surface area contributed by atoms with Gasteiger partial charge in [0.25, 0.3) is 0 Å². The van der Waals surface area contributed by atoms with Crippen LogP contribution in [0, 0.1) is 5.92 Å². The number of methoxy groups -OCH3 is 1. The quantitative estimate of drug-likeness (QED) is 0.586. The highest BCUT2D eigenvalue weighted by Crippen LogP contribution is 2.14. The van der Waals surface area contributed by atoms with Gasteiger partial charge in [0, 0.05) is 25.7 Å². The maximum atomic E-state index is 5.73. The first kappa shape index (κ1) is 12.9. The molecule has 0 radical (unpaired) electrons. The zero-order valence-electron chi connectivity index (χ0n) is 9.39. The molecule has 0 aromatic carbocycles. The van der Waals surface area contributed by atoms with E-state index in [1.54, 1.807) is 7.11 Å². The third-order valence-electron chi connectivity index (χ3n) is 2.17. The predicted molar refractivity (Wildman–Crippen MR) is 56.8 cm³/mol. The summed E-state index contributed by atoms with van der Waals surface area (Å²) in [4.78, 5) is 0. The molecule has 1 atom stereocenters. The van der Waals surface area contributed by atoms with Crippen LogP contribution in [-0.4, -0.2) is 32.3 Å². The summed E-state index contributed by atoms with van der Waals surface area (Å²) in [6, 6.07) is 0. The normalized spacial score (nSPS) is 16.2. The lowest BCUT2D eigenvalue weighted by Gasteiger charge is -2.31. The molecule has 0 saturated carbocycles. The lowest BCUT2D eigenvalue weighted by atomic mass is 9.91. The number of nitrogens with one attached hydrogen (secondary N) is 1. The molecule has 0 aromatic heterocycles. The van der Waals surface area contributed by atoms with Crippen LogP contribution in [0.3, 0.4) is 0 Å². The van der Waals surface area contributed by atoms with Crippen LogP contribution in [0.25, 0.3) is 0 Å². The highest BCUT2D eigenvalue weighted by molar-refractivity contribution is 4.84. The SMILES string of the molecule is COCCNC(C)(CN)CC(C)C. The van der Waals surface area contributed by atoms with Crippen LogP contribution >= 0.6 is 0 Å². The van der Waals surface area contributed by atoms with Gasteiger partial charge < -0.3 is 15.8 Å². The lowest BCUT2D eigenvalue weighted by molar-refractivity contribution is 0.181. The fraction of sp³-hybridized carbons (Fsp3) is 1.00. The minimum atomic E-state index is 0.0622. The topological polar surface area (TPSA) is 47.3 Å². The number of hydrogen-bond acceptors (Lipinski definition) is 3. The summed E-state index contributed by atoms with van der Waals surface area (Å²) in [7, 11) is 1.71. The molecule has 80 valence electrons. The zero-order valence-corrected chi connectivity index (χ0v) is 9.39. The van der Waals surface area contributed by atoms with Crippen LogP contribution in [0.4, 0.5) is 0 Å². The fourth-order valence-corrected chi connectivity index (χ4v) is 1.58. The van der Waals surface area contributed by atoms with Crippen molar-refractivity contribution in [1.82, 2.24) is 5.32 Å². The molecule has 3 nitrogen and oxygen atoms in total. The third kappa shape index (κ3) is 6.02. The average Bonchev–Trinajstić information content (AvgIpc) is 2.04. The maximum absolute atomic E-state index is 5.73. The maximum Gasteiger partial charge on any atom is 0.0587 e. The van der Waals surface area contributed by atoms with Gasteiger partial charge in [-0.1, -0.05) is 13.8 Å². The van der Waals surface area contributed by atoms with E-state index in [0.717, 1.165) is 19.6 Å². The van der Waals surface area contributed by atoms with Gasteiger partial charge in [-0.2, -0.15) is 0 Å². The minimum absolute atomic E-state index is 0.0622. The van der Waals surface area contributed by atoms with E-state index in [9.17, 15) is 0 Å². The van der Waals surface area contributed by atoms with E-state index in [2.05, 4.69) is 26.1 Å². The van der Waals surface area contributed by atoms with Gasteiger partial charge in [0.15, 0.2) is 0 Å². The molecule has 1 unspecified atom stereocenters. The molecule has 13 heavy (non-hydrogen) atoms. The number of rotatable bonds is 7. The summed E-state index contributed by atoms with van der Waals surface area (Å²) in [6.07, 6.45) is 1.10. The van der Waals surface area contributed by atoms with E-state index < -0.39 is 0 Å². The van der Waals surface area contributed by atoms with Crippen LogP contribution in [-0.2, 0) is 4.74 Å². The minimum Gasteiger partial charge on any atom is -0.383 e. The second-order valence-electron chi connectivity index (χ2n) is 4.28. The van der Waals surface area contributed by atoms with Gasteiger partial charge >= 0.3 is 0 Å². The van der Waals surface area contributed by atoms with Crippen LogP contribution in [0.5, 0.6) is 0 Å². The number of ether oxygens (including phenoxy) is 1. The van der Waals surface area contributed by atoms with Crippen molar-refractivity contribution in [1.29, 1.82) is 0 Å². The van der Waals surface area contributed by atoms with E-state index in [4.69, 9.17) is 10.5 Å². The smallest absolute Gasteiger partial charge is 0.0587 e. The Hall–Kier alpha value is -0.120. The van der Waals surface area contributed by atoms with Crippen molar-refractivity contribution < 1.29 is 4.74 Å². The van der Waals surface area contributed by atoms with Crippen molar-refractivity contribution in [3.63, 3.8) is 0 Å². The Morgan fingerprint density at radius 1 is 1.46 bits per heavy atom. The highest BCUT2D eigenvalue weighted by Gasteiger charge is 2.22. The van der Waals surface area contributed by atoms with Crippen molar-refractivity contribution >= 4 is 0 Å². The lowest BCUT2D eigenvalue weighted by Crippen LogP contribution is -2.50. The Labute approximate surface area is 82.0 Å². The van der Waals surface area contributed by atoms with Crippen LogP contribution in [0.2, 0.25) is 0 Å². The van der Waals surface area contributed by atoms with Gasteiger partial charge in [-0.3, -0.25) is 0 Å². The summed E-state index contributed by atoms with van der Waals surface area (Å²) in [5.41, 5.74) is 5.80. The molecular weight excluding hydrogens is 164 g/mol. The number of hydrogen-bond donors (Lipinski definition) is 2. The molecule has 0 bridgehead atoms. The Kier molecular flexibility index (Phi) is 6.29. The van der Waals surface area contributed by atoms with Crippen molar-refractivity contribution in [3.05, 3.63) is 0 Å². The van der Waals surface area contributed by atoms with Crippen LogP contribution in [0.1, 0.15) is 27.2 Å². The Morgan fingerprint density at radius 3 is 2.46 bits per heavy atom. The number of nitrogens with two attached hydrogens (primary N) is 1. The molecule has 0 aliphatic rings. The molecule has 0 heterocycles. The average molecular weight is 188 g/mol. The van der Waals surface area contributed by atoms with E-state index in [-0.39, 0.29) is 5.54 Å². The van der Waals surface area contributed by atoms with Gasteiger partial charge in [0.05, 0.1) is 6.61 Å². The zero-order chi connectivity index (χ0) is 10.3. The second-order valence-corrected chi connectivity index (χ2v) is 4.28. The first-order valence-corrected chi connectivity index (χ1v) is 4.98. The summed E-state index contributed by atoms with van der Waals surface area (Å²) in [6.45, 7) is 8.89. The van der Waals surface area contributed by atoms with Gasteiger partial charge in [-0.05, 0) is 19.3 Å². The predicted octanol–water partition coefficient (Wildman–Crippen LogP) is 0.986. The van der Waals surface area contributed by atoms with Crippen molar-refractivity contribution in [3.8, 4) is 0 Å². The standard InChI is InChI=1S/C10H24N2O/c1-9(2)7-10(3,8-11)12-5-6-13-4/h9,12H,5-8,11H2,1-4H3. The molecule has 0 spiro atoms. The van der Waals surface area contributed by atoms with Crippen LogP contribution < -0.4 is 11.1 Å². The monoisotopic (exact) mass is 188 g/mol. The van der Waals surface area contributed by atoms with E-state index >= 15 is 0 Å². The Balaban J connectivity index is 3.81. The Morgan fingerprint density at radius 2 is 2.08 bits per heavy atom. The first-order chi connectivity index (χ1) is 6.04. The summed E-state index contributed by atoms with van der Waals surface area (Å²) in [5, 5.41) is 3.43. The van der Waals surface area contributed by atoms with Gasteiger partial charge in [-0.15, -0.1) is 0 Å². The van der Waals surface area contributed by atoms with Gasteiger partial charge in [-0.25, -0.2) is 0 Å². The summed E-state index contributed by atoms with van der Waals surface area (Å²) >= 11 is 0. The third-order valence-corrected chi connectivity index (χ3v) is 2.17. The Bertz CT molecular complexity index is 128. The summed E-state index contributed by atoms with van der Waals surface area (Å²) in [5.74, 6) is 0.670. The molecule has 0 aliphatic carbocycles. The molecule has 0 rings (SSSR count). The van der Waals surface area contributed by atoms with Gasteiger partial charge in [0.1, 0.15) is 0 Å². The highest BCUT2D eigenvalue weighted by atomic mass is 16.5. The van der Waals surface area contributed by atoms with E-state index in [0.29, 0.717) is 12.5 Å². The summed E-state index contributed by atoms with van der Waals surface area (Å²) < 4.78 is 4.98. The molecule has 0 aromatic rings. The molecule has 3 N–H and O–H groups in total. The van der Waals surface area contributed by atoms with E-state index in [1.165, 1.54) is 0 Å². The van der Waals surface area contributed by atoms with Crippen molar-refractivity contribution in [2.24, 2.45) is 11.7 Å². The molecule has 3 heteroatoms. The molecule has 0 amide bonds. The molecular formula is C10H24N2O. The molecule has 0 fully saturated rings. The fourth-order valence-electron chi connectivity index (χ4n) is 1.58. The first-order valence-electron chi connectivity index (χ1n) is 4.98. The second kappa shape index (κ2) is 6.35.